The summed E-state index contributed by atoms with van der Waals surface area (Å²) in [6, 6.07) is 9.79. The number of nitrogens with zero attached hydrogens (tertiary/aromatic N) is 1. The SMILES string of the molecule is CC(C)CNC(=O)C(C)(C)c1ccc(-c2cocc2C#N)cc1. The first-order valence-electron chi connectivity index (χ1n) is 7.71. The van der Waals surface area contributed by atoms with E-state index in [-0.39, 0.29) is 5.91 Å². The van der Waals surface area contributed by atoms with Gasteiger partial charge in [-0.15, -0.1) is 0 Å². The van der Waals surface area contributed by atoms with Gasteiger partial charge in [-0.2, -0.15) is 5.26 Å². The van der Waals surface area contributed by atoms with Crippen LogP contribution in [0, 0.1) is 17.2 Å². The van der Waals surface area contributed by atoms with E-state index < -0.39 is 5.41 Å². The van der Waals surface area contributed by atoms with Crippen molar-refractivity contribution in [1.82, 2.24) is 5.32 Å². The largest absolute Gasteiger partial charge is 0.471 e. The molecule has 1 aromatic heterocycles. The van der Waals surface area contributed by atoms with E-state index in [0.717, 1.165) is 16.7 Å². The lowest BCUT2D eigenvalue weighted by molar-refractivity contribution is -0.125. The highest BCUT2D eigenvalue weighted by molar-refractivity contribution is 5.87. The first-order valence-corrected chi connectivity index (χ1v) is 7.71. The van der Waals surface area contributed by atoms with Crippen molar-refractivity contribution in [1.29, 1.82) is 5.26 Å². The van der Waals surface area contributed by atoms with Gasteiger partial charge in [0.25, 0.3) is 0 Å². The molecule has 0 aliphatic carbocycles. The van der Waals surface area contributed by atoms with Crippen molar-refractivity contribution in [3.8, 4) is 17.2 Å². The lowest BCUT2D eigenvalue weighted by atomic mass is 9.83. The Balaban J connectivity index is 2.21. The number of rotatable bonds is 5. The van der Waals surface area contributed by atoms with Crippen LogP contribution < -0.4 is 5.32 Å². The maximum Gasteiger partial charge on any atom is 0.230 e. The molecular formula is C19H22N2O2. The Kier molecular flexibility index (Phi) is 4.90. The minimum Gasteiger partial charge on any atom is -0.471 e. The summed E-state index contributed by atoms with van der Waals surface area (Å²) < 4.78 is 5.09. The van der Waals surface area contributed by atoms with Crippen LogP contribution in [-0.2, 0) is 10.2 Å². The molecule has 1 amide bonds. The van der Waals surface area contributed by atoms with Gasteiger partial charge in [-0.3, -0.25) is 4.79 Å². The smallest absolute Gasteiger partial charge is 0.230 e. The van der Waals surface area contributed by atoms with Crippen LogP contribution in [0.5, 0.6) is 0 Å². The molecular weight excluding hydrogens is 288 g/mol. The van der Waals surface area contributed by atoms with Gasteiger partial charge in [0.2, 0.25) is 5.91 Å². The van der Waals surface area contributed by atoms with Gasteiger partial charge in [0, 0.05) is 12.1 Å². The molecule has 23 heavy (non-hydrogen) atoms. The van der Waals surface area contributed by atoms with Gasteiger partial charge < -0.3 is 9.73 Å². The molecule has 1 aromatic carbocycles. The Bertz CT molecular complexity index is 719. The minimum absolute atomic E-state index is 0.0139. The number of nitriles is 1. The lowest BCUT2D eigenvalue weighted by Gasteiger charge is -2.25. The van der Waals surface area contributed by atoms with Crippen LogP contribution in [0.3, 0.4) is 0 Å². The molecule has 0 bridgehead atoms. The Morgan fingerprint density at radius 3 is 2.48 bits per heavy atom. The number of furan rings is 1. The number of amides is 1. The van der Waals surface area contributed by atoms with Gasteiger partial charge >= 0.3 is 0 Å². The molecule has 2 rings (SSSR count). The zero-order valence-electron chi connectivity index (χ0n) is 14.0. The van der Waals surface area contributed by atoms with Crippen molar-refractivity contribution in [3.05, 3.63) is 47.9 Å². The predicted molar refractivity (Wildman–Crippen MR) is 89.7 cm³/mol. The summed E-state index contributed by atoms with van der Waals surface area (Å²) in [6.45, 7) is 8.63. The molecule has 2 aromatic rings. The van der Waals surface area contributed by atoms with Crippen LogP contribution in [0.1, 0.15) is 38.8 Å². The molecule has 0 fully saturated rings. The van der Waals surface area contributed by atoms with E-state index in [1.807, 2.05) is 38.1 Å². The van der Waals surface area contributed by atoms with E-state index in [1.165, 1.54) is 6.26 Å². The summed E-state index contributed by atoms with van der Waals surface area (Å²) in [5, 5.41) is 12.1. The van der Waals surface area contributed by atoms with E-state index in [1.54, 1.807) is 6.26 Å². The third-order valence-corrected chi connectivity index (χ3v) is 3.94. The van der Waals surface area contributed by atoms with Crippen molar-refractivity contribution < 1.29 is 9.21 Å². The van der Waals surface area contributed by atoms with Crippen molar-refractivity contribution in [2.45, 2.75) is 33.1 Å². The molecule has 0 aliphatic heterocycles. The fourth-order valence-electron chi connectivity index (χ4n) is 2.32. The Morgan fingerprint density at radius 2 is 1.91 bits per heavy atom. The first kappa shape index (κ1) is 16.8. The average Bonchev–Trinajstić information content (AvgIpc) is 3.01. The van der Waals surface area contributed by atoms with Crippen molar-refractivity contribution in [2.75, 3.05) is 6.54 Å². The van der Waals surface area contributed by atoms with E-state index in [9.17, 15) is 4.79 Å². The summed E-state index contributed by atoms with van der Waals surface area (Å²) in [6.07, 6.45) is 3.00. The molecule has 4 nitrogen and oxygen atoms in total. The fraction of sp³-hybridized carbons (Fsp3) is 0.368. The van der Waals surface area contributed by atoms with Crippen LogP contribution in [0.4, 0.5) is 0 Å². The third kappa shape index (κ3) is 3.62. The summed E-state index contributed by atoms with van der Waals surface area (Å²) >= 11 is 0. The molecule has 1 heterocycles. The highest BCUT2D eigenvalue weighted by atomic mass is 16.3. The highest BCUT2D eigenvalue weighted by Gasteiger charge is 2.29. The summed E-state index contributed by atoms with van der Waals surface area (Å²) in [4.78, 5) is 12.4. The minimum atomic E-state index is -0.609. The molecule has 120 valence electrons. The standard InChI is InChI=1S/C19H22N2O2/c1-13(2)10-21-18(22)19(3,4)16-7-5-14(6-8-16)17-12-23-11-15(17)9-20/h5-8,11-13H,10H2,1-4H3,(H,21,22). The van der Waals surface area contributed by atoms with Gasteiger partial charge in [-0.1, -0.05) is 38.1 Å². The quantitative estimate of drug-likeness (QED) is 0.911. The van der Waals surface area contributed by atoms with Crippen LogP contribution >= 0.6 is 0 Å². The highest BCUT2D eigenvalue weighted by Crippen LogP contribution is 2.29. The average molecular weight is 310 g/mol. The topological polar surface area (TPSA) is 66.0 Å². The molecule has 0 spiro atoms. The Labute approximate surface area is 137 Å². The normalized spacial score (nSPS) is 11.3. The van der Waals surface area contributed by atoms with Crippen LogP contribution in [0.25, 0.3) is 11.1 Å². The van der Waals surface area contributed by atoms with E-state index in [4.69, 9.17) is 9.68 Å². The molecule has 4 heteroatoms. The third-order valence-electron chi connectivity index (χ3n) is 3.94. The van der Waals surface area contributed by atoms with Crippen LogP contribution in [0.2, 0.25) is 0 Å². The molecule has 0 saturated heterocycles. The number of benzene rings is 1. The van der Waals surface area contributed by atoms with Gasteiger partial charge in [0.1, 0.15) is 12.3 Å². The zero-order chi connectivity index (χ0) is 17.0. The molecule has 0 saturated carbocycles. The second-order valence-corrected chi connectivity index (χ2v) is 6.62. The first-order chi connectivity index (χ1) is 10.9. The van der Waals surface area contributed by atoms with Gasteiger partial charge in [0.15, 0.2) is 0 Å². The molecule has 0 radical (unpaired) electrons. The second kappa shape index (κ2) is 6.70. The van der Waals surface area contributed by atoms with Crippen LogP contribution in [-0.4, -0.2) is 12.5 Å². The summed E-state index contributed by atoms with van der Waals surface area (Å²) in [5.74, 6) is 0.433. The van der Waals surface area contributed by atoms with E-state index in [2.05, 4.69) is 25.2 Å². The fourth-order valence-corrected chi connectivity index (χ4v) is 2.32. The van der Waals surface area contributed by atoms with Gasteiger partial charge in [0.05, 0.1) is 17.2 Å². The maximum atomic E-state index is 12.4. The number of nitrogens with one attached hydrogen (secondary N) is 1. The van der Waals surface area contributed by atoms with Crippen molar-refractivity contribution in [2.24, 2.45) is 5.92 Å². The number of hydrogen-bond acceptors (Lipinski definition) is 3. The molecule has 0 unspecified atom stereocenters. The van der Waals surface area contributed by atoms with Crippen molar-refractivity contribution >= 4 is 5.91 Å². The molecule has 0 aliphatic rings. The lowest BCUT2D eigenvalue weighted by Crippen LogP contribution is -2.41. The van der Waals surface area contributed by atoms with Crippen LogP contribution in [0.15, 0.2) is 41.2 Å². The second-order valence-electron chi connectivity index (χ2n) is 6.62. The number of carbonyl (C=O) groups is 1. The molecule has 1 N–H and O–H groups in total. The number of carbonyl (C=O) groups excluding carboxylic acids is 1. The van der Waals surface area contributed by atoms with E-state index in [0.29, 0.717) is 18.0 Å². The van der Waals surface area contributed by atoms with Gasteiger partial charge in [-0.25, -0.2) is 0 Å². The van der Waals surface area contributed by atoms with Gasteiger partial charge in [-0.05, 0) is 30.9 Å². The Morgan fingerprint density at radius 1 is 1.26 bits per heavy atom. The summed E-state index contributed by atoms with van der Waals surface area (Å²) in [7, 11) is 0. The van der Waals surface area contributed by atoms with Crippen molar-refractivity contribution in [3.63, 3.8) is 0 Å². The van der Waals surface area contributed by atoms with E-state index >= 15 is 0 Å². The maximum absolute atomic E-state index is 12.4. The summed E-state index contributed by atoms with van der Waals surface area (Å²) in [5.41, 5.74) is 2.50. The zero-order valence-corrected chi connectivity index (χ0v) is 14.0. The monoisotopic (exact) mass is 310 g/mol. The number of hydrogen-bond donors (Lipinski definition) is 1. The Hall–Kier alpha value is -2.54. The molecule has 0 atom stereocenters. The predicted octanol–water partition coefficient (Wildman–Crippen LogP) is 3.87.